The first kappa shape index (κ1) is 16.4. The van der Waals surface area contributed by atoms with Gasteiger partial charge in [0.2, 0.25) is 5.91 Å². The van der Waals surface area contributed by atoms with E-state index in [0.717, 1.165) is 10.0 Å². The standard InChI is InChI=1S/C12H17BrN2O.ClH/c1-12(2,8-14)11(16)15-7-9-4-3-5-10(13)6-9;/h3-6H,7-8,14H2,1-2H3,(H,15,16);1H. The van der Waals surface area contributed by atoms with Crippen LogP contribution >= 0.6 is 28.3 Å². The van der Waals surface area contributed by atoms with E-state index in [1.807, 2.05) is 38.1 Å². The minimum absolute atomic E-state index is 0. The molecule has 17 heavy (non-hydrogen) atoms. The zero-order valence-electron chi connectivity index (χ0n) is 10.00. The van der Waals surface area contributed by atoms with Crippen LogP contribution in [0.25, 0.3) is 0 Å². The normalized spacial score (nSPS) is 10.6. The molecule has 0 saturated heterocycles. The number of carbonyl (C=O) groups excluding carboxylic acids is 1. The fourth-order valence-electron chi connectivity index (χ4n) is 1.16. The van der Waals surface area contributed by atoms with Crippen molar-refractivity contribution in [3.8, 4) is 0 Å². The van der Waals surface area contributed by atoms with Crippen molar-refractivity contribution in [1.82, 2.24) is 5.32 Å². The highest BCUT2D eigenvalue weighted by Crippen LogP contribution is 2.14. The maximum absolute atomic E-state index is 11.8. The average Bonchev–Trinajstić information content (AvgIpc) is 2.26. The maximum atomic E-state index is 11.8. The van der Waals surface area contributed by atoms with Gasteiger partial charge < -0.3 is 11.1 Å². The van der Waals surface area contributed by atoms with Gasteiger partial charge in [-0.3, -0.25) is 4.79 Å². The van der Waals surface area contributed by atoms with E-state index in [1.54, 1.807) is 0 Å². The fraction of sp³-hybridized carbons (Fsp3) is 0.417. The van der Waals surface area contributed by atoms with Gasteiger partial charge in [0, 0.05) is 17.6 Å². The highest BCUT2D eigenvalue weighted by atomic mass is 79.9. The first-order valence-corrected chi connectivity index (χ1v) is 5.98. The molecule has 0 saturated carbocycles. The Morgan fingerprint density at radius 3 is 2.65 bits per heavy atom. The lowest BCUT2D eigenvalue weighted by atomic mass is 9.92. The average molecular weight is 322 g/mol. The molecule has 1 amide bonds. The Morgan fingerprint density at radius 2 is 2.12 bits per heavy atom. The molecule has 1 rings (SSSR count). The minimum atomic E-state index is -0.508. The van der Waals surface area contributed by atoms with Crippen LogP contribution in [0, 0.1) is 5.41 Å². The number of rotatable bonds is 4. The summed E-state index contributed by atoms with van der Waals surface area (Å²) in [6, 6.07) is 7.85. The molecule has 1 aromatic rings. The summed E-state index contributed by atoms with van der Waals surface area (Å²) < 4.78 is 1.01. The van der Waals surface area contributed by atoms with Crippen molar-refractivity contribution in [2.75, 3.05) is 6.54 Å². The molecule has 0 bridgehead atoms. The molecule has 96 valence electrons. The van der Waals surface area contributed by atoms with Crippen LogP contribution in [0.1, 0.15) is 19.4 Å². The summed E-state index contributed by atoms with van der Waals surface area (Å²) in [5, 5.41) is 2.88. The second-order valence-corrected chi connectivity index (χ2v) is 5.32. The highest BCUT2D eigenvalue weighted by molar-refractivity contribution is 9.10. The summed E-state index contributed by atoms with van der Waals surface area (Å²) in [5.74, 6) is -0.0185. The van der Waals surface area contributed by atoms with Crippen LogP contribution in [-0.4, -0.2) is 12.5 Å². The molecule has 1 aromatic carbocycles. The second-order valence-electron chi connectivity index (χ2n) is 4.40. The molecule has 0 atom stereocenters. The van der Waals surface area contributed by atoms with E-state index in [0.29, 0.717) is 13.1 Å². The first-order chi connectivity index (χ1) is 7.45. The third-order valence-electron chi connectivity index (χ3n) is 2.47. The van der Waals surface area contributed by atoms with Crippen LogP contribution < -0.4 is 11.1 Å². The lowest BCUT2D eigenvalue weighted by molar-refractivity contribution is -0.129. The van der Waals surface area contributed by atoms with Gasteiger partial charge in [-0.15, -0.1) is 12.4 Å². The number of carbonyl (C=O) groups is 1. The van der Waals surface area contributed by atoms with E-state index in [4.69, 9.17) is 5.73 Å². The molecule has 0 aliphatic rings. The van der Waals surface area contributed by atoms with Crippen LogP contribution in [0.15, 0.2) is 28.7 Å². The third kappa shape index (κ3) is 5.06. The monoisotopic (exact) mass is 320 g/mol. The van der Waals surface area contributed by atoms with Gasteiger partial charge in [0.25, 0.3) is 0 Å². The summed E-state index contributed by atoms with van der Waals surface area (Å²) in [5.41, 5.74) is 6.09. The molecule has 0 radical (unpaired) electrons. The van der Waals surface area contributed by atoms with Gasteiger partial charge in [-0.2, -0.15) is 0 Å². The lowest BCUT2D eigenvalue weighted by Gasteiger charge is -2.21. The quantitative estimate of drug-likeness (QED) is 0.895. The lowest BCUT2D eigenvalue weighted by Crippen LogP contribution is -2.41. The largest absolute Gasteiger partial charge is 0.352 e. The van der Waals surface area contributed by atoms with Crippen molar-refractivity contribution in [1.29, 1.82) is 0 Å². The van der Waals surface area contributed by atoms with E-state index < -0.39 is 5.41 Å². The van der Waals surface area contributed by atoms with Crippen LogP contribution in [0.3, 0.4) is 0 Å². The zero-order valence-corrected chi connectivity index (χ0v) is 12.4. The van der Waals surface area contributed by atoms with Gasteiger partial charge >= 0.3 is 0 Å². The van der Waals surface area contributed by atoms with Crippen molar-refractivity contribution >= 4 is 34.2 Å². The second kappa shape index (κ2) is 6.99. The van der Waals surface area contributed by atoms with Gasteiger partial charge in [-0.1, -0.05) is 28.1 Å². The van der Waals surface area contributed by atoms with E-state index in [-0.39, 0.29) is 18.3 Å². The van der Waals surface area contributed by atoms with Crippen molar-refractivity contribution in [3.63, 3.8) is 0 Å². The number of halogens is 2. The van der Waals surface area contributed by atoms with E-state index in [2.05, 4.69) is 21.2 Å². The summed E-state index contributed by atoms with van der Waals surface area (Å²) in [7, 11) is 0. The van der Waals surface area contributed by atoms with Crippen LogP contribution in [0.4, 0.5) is 0 Å². The molecule has 0 aromatic heterocycles. The Bertz CT molecular complexity index is 383. The van der Waals surface area contributed by atoms with Crippen LogP contribution in [-0.2, 0) is 11.3 Å². The van der Waals surface area contributed by atoms with Crippen LogP contribution in [0.5, 0.6) is 0 Å². The molecule has 0 spiro atoms. The smallest absolute Gasteiger partial charge is 0.227 e. The van der Waals surface area contributed by atoms with E-state index in [9.17, 15) is 4.79 Å². The van der Waals surface area contributed by atoms with Crippen molar-refractivity contribution in [2.45, 2.75) is 20.4 Å². The molecule has 0 fully saturated rings. The number of nitrogens with one attached hydrogen (secondary N) is 1. The Balaban J connectivity index is 0.00000256. The number of hydrogen-bond donors (Lipinski definition) is 2. The summed E-state index contributed by atoms with van der Waals surface area (Å²) in [4.78, 5) is 11.8. The zero-order chi connectivity index (χ0) is 12.2. The molecule has 0 heterocycles. The Morgan fingerprint density at radius 1 is 1.47 bits per heavy atom. The topological polar surface area (TPSA) is 55.1 Å². The first-order valence-electron chi connectivity index (χ1n) is 5.18. The van der Waals surface area contributed by atoms with E-state index in [1.165, 1.54) is 0 Å². The van der Waals surface area contributed by atoms with Gasteiger partial charge in [0.05, 0.1) is 5.41 Å². The Kier molecular flexibility index (Phi) is 6.75. The molecule has 0 unspecified atom stereocenters. The molecule has 3 N–H and O–H groups in total. The predicted molar refractivity (Wildman–Crippen MR) is 76.1 cm³/mol. The molecule has 0 aliphatic carbocycles. The molecule has 5 heteroatoms. The Hall–Kier alpha value is -0.580. The van der Waals surface area contributed by atoms with Crippen molar-refractivity contribution in [2.24, 2.45) is 11.1 Å². The van der Waals surface area contributed by atoms with Gasteiger partial charge in [-0.05, 0) is 31.5 Å². The van der Waals surface area contributed by atoms with E-state index >= 15 is 0 Å². The van der Waals surface area contributed by atoms with Gasteiger partial charge in [0.1, 0.15) is 0 Å². The Labute approximate surface area is 117 Å². The maximum Gasteiger partial charge on any atom is 0.227 e. The SMILES string of the molecule is CC(C)(CN)C(=O)NCc1cccc(Br)c1.Cl. The number of hydrogen-bond acceptors (Lipinski definition) is 2. The molecule has 0 aliphatic heterocycles. The molecular weight excluding hydrogens is 304 g/mol. The van der Waals surface area contributed by atoms with Crippen LogP contribution in [0.2, 0.25) is 0 Å². The summed E-state index contributed by atoms with van der Waals surface area (Å²) >= 11 is 3.39. The summed E-state index contributed by atoms with van der Waals surface area (Å²) in [6.07, 6.45) is 0. The van der Waals surface area contributed by atoms with Crippen molar-refractivity contribution < 1.29 is 4.79 Å². The summed E-state index contributed by atoms with van der Waals surface area (Å²) in [6.45, 7) is 4.55. The molecular formula is C12H18BrClN2O. The number of amides is 1. The number of benzene rings is 1. The predicted octanol–water partition coefficient (Wildman–Crippen LogP) is 2.47. The van der Waals surface area contributed by atoms with Gasteiger partial charge in [-0.25, -0.2) is 0 Å². The molecule has 3 nitrogen and oxygen atoms in total. The minimum Gasteiger partial charge on any atom is -0.352 e. The fourth-order valence-corrected chi connectivity index (χ4v) is 1.61. The highest BCUT2D eigenvalue weighted by Gasteiger charge is 2.25. The van der Waals surface area contributed by atoms with Gasteiger partial charge in [0.15, 0.2) is 0 Å². The van der Waals surface area contributed by atoms with Crippen molar-refractivity contribution in [3.05, 3.63) is 34.3 Å². The third-order valence-corrected chi connectivity index (χ3v) is 2.96. The number of nitrogens with two attached hydrogens (primary N) is 1.